The van der Waals surface area contributed by atoms with E-state index in [0.29, 0.717) is 16.6 Å². The highest BCUT2D eigenvalue weighted by Gasteiger charge is 2.26. The minimum absolute atomic E-state index is 0.0192. The number of hydrogen-bond acceptors (Lipinski definition) is 10. The molecule has 0 radical (unpaired) electrons. The zero-order valence-corrected chi connectivity index (χ0v) is 25.8. The third-order valence-electron chi connectivity index (χ3n) is 6.76. The topological polar surface area (TPSA) is 158 Å². The van der Waals surface area contributed by atoms with Gasteiger partial charge in [0, 0.05) is 17.6 Å². The number of esters is 2. The van der Waals surface area contributed by atoms with Crippen molar-refractivity contribution in [3.8, 4) is 11.4 Å². The summed E-state index contributed by atoms with van der Waals surface area (Å²) in [5.74, 6) is -1.37. The van der Waals surface area contributed by atoms with Crippen molar-refractivity contribution < 1.29 is 37.7 Å². The van der Waals surface area contributed by atoms with Gasteiger partial charge in [0.25, 0.3) is 0 Å². The highest BCUT2D eigenvalue weighted by molar-refractivity contribution is 7.91. The molecule has 3 aromatic carbocycles. The maximum atomic E-state index is 13.4. The predicted octanol–water partition coefficient (Wildman–Crippen LogP) is 4.21. The zero-order chi connectivity index (χ0) is 32.2. The standard InChI is InChI=1S/C32H35N3O8S/c1-20(2)31(39)42-19-22(18-36)43-28(37)15-14-21-16-24(32(3,4)5)30(38)26(17-21)35-33-25-12-9-13-27(29(25)34-35)44(40,41)23-10-7-6-8-11-23/h6-13,16-17,22,36,38H,1,14-15,18-19H2,2-5H3. The molecule has 1 aromatic heterocycles. The van der Waals surface area contributed by atoms with Gasteiger partial charge in [0.2, 0.25) is 9.84 Å². The number of sulfone groups is 1. The first kappa shape index (κ1) is 32.4. The lowest BCUT2D eigenvalue weighted by atomic mass is 9.84. The van der Waals surface area contributed by atoms with Gasteiger partial charge in [0.15, 0.2) is 6.10 Å². The molecule has 2 N–H and O–H groups in total. The van der Waals surface area contributed by atoms with Crippen LogP contribution in [0.1, 0.15) is 45.2 Å². The first-order valence-electron chi connectivity index (χ1n) is 13.9. The summed E-state index contributed by atoms with van der Waals surface area (Å²) in [5, 5.41) is 29.8. The molecule has 0 fully saturated rings. The molecule has 0 amide bonds. The molecule has 1 unspecified atom stereocenters. The van der Waals surface area contributed by atoms with Crippen LogP contribution in [-0.2, 0) is 40.7 Å². The number of nitrogens with zero attached hydrogens (tertiary/aromatic N) is 3. The van der Waals surface area contributed by atoms with Crippen LogP contribution in [0.4, 0.5) is 0 Å². The first-order valence-corrected chi connectivity index (χ1v) is 15.4. The van der Waals surface area contributed by atoms with Gasteiger partial charge in [-0.3, -0.25) is 4.79 Å². The van der Waals surface area contributed by atoms with E-state index in [4.69, 9.17) is 9.47 Å². The van der Waals surface area contributed by atoms with Crippen LogP contribution in [0.3, 0.4) is 0 Å². The molecule has 4 aromatic rings. The van der Waals surface area contributed by atoms with E-state index in [0.717, 1.165) is 0 Å². The lowest BCUT2D eigenvalue weighted by Crippen LogP contribution is -2.28. The van der Waals surface area contributed by atoms with E-state index >= 15 is 0 Å². The highest BCUT2D eigenvalue weighted by Crippen LogP contribution is 2.37. The summed E-state index contributed by atoms with van der Waals surface area (Å²) < 4.78 is 37.1. The van der Waals surface area contributed by atoms with Crippen molar-refractivity contribution in [2.45, 2.75) is 61.8 Å². The molecule has 232 valence electrons. The summed E-state index contributed by atoms with van der Waals surface area (Å²) in [6.45, 7) is 9.86. The average Bonchev–Trinajstić information content (AvgIpc) is 3.42. The molecule has 12 heteroatoms. The summed E-state index contributed by atoms with van der Waals surface area (Å²) in [6, 6.07) is 16.1. The van der Waals surface area contributed by atoms with Crippen molar-refractivity contribution >= 4 is 32.8 Å². The third kappa shape index (κ3) is 7.14. The van der Waals surface area contributed by atoms with Crippen molar-refractivity contribution in [1.82, 2.24) is 15.0 Å². The fourth-order valence-corrected chi connectivity index (χ4v) is 5.84. The van der Waals surface area contributed by atoms with Crippen molar-refractivity contribution in [2.75, 3.05) is 13.2 Å². The normalized spacial score (nSPS) is 12.6. The Labute approximate surface area is 255 Å². The van der Waals surface area contributed by atoms with Crippen LogP contribution < -0.4 is 0 Å². The lowest BCUT2D eigenvalue weighted by molar-refractivity contribution is -0.159. The number of carbonyl (C=O) groups excluding carboxylic acids is 2. The number of phenols is 1. The molecule has 1 heterocycles. The quantitative estimate of drug-likeness (QED) is 0.184. The average molecular weight is 622 g/mol. The number of hydrogen-bond donors (Lipinski definition) is 2. The Kier molecular flexibility index (Phi) is 9.55. The molecule has 1 atom stereocenters. The highest BCUT2D eigenvalue weighted by atomic mass is 32.2. The van der Waals surface area contributed by atoms with Gasteiger partial charge in [0.05, 0.1) is 11.5 Å². The van der Waals surface area contributed by atoms with Crippen molar-refractivity contribution in [3.05, 3.63) is 83.9 Å². The van der Waals surface area contributed by atoms with Gasteiger partial charge in [-0.25, -0.2) is 13.2 Å². The minimum Gasteiger partial charge on any atom is -0.505 e. The van der Waals surface area contributed by atoms with E-state index in [-0.39, 0.29) is 51.8 Å². The Morgan fingerprint density at radius 1 is 1.05 bits per heavy atom. The number of aliphatic hydroxyl groups is 1. The van der Waals surface area contributed by atoms with E-state index in [1.807, 2.05) is 20.8 Å². The molecule has 0 saturated heterocycles. The predicted molar refractivity (Wildman–Crippen MR) is 162 cm³/mol. The molecule has 0 bridgehead atoms. The number of aromatic nitrogens is 3. The van der Waals surface area contributed by atoms with Gasteiger partial charge in [0.1, 0.15) is 34.0 Å². The fraction of sp³-hybridized carbons (Fsp3) is 0.312. The maximum Gasteiger partial charge on any atom is 0.333 e. The van der Waals surface area contributed by atoms with Gasteiger partial charge < -0.3 is 19.7 Å². The largest absolute Gasteiger partial charge is 0.505 e. The van der Waals surface area contributed by atoms with E-state index in [2.05, 4.69) is 16.8 Å². The molecule has 11 nitrogen and oxygen atoms in total. The van der Waals surface area contributed by atoms with Gasteiger partial charge in [-0.15, -0.1) is 15.0 Å². The molecular formula is C32H35N3O8S. The summed E-state index contributed by atoms with van der Waals surface area (Å²) in [4.78, 5) is 25.5. The van der Waals surface area contributed by atoms with Gasteiger partial charge in [-0.1, -0.05) is 57.7 Å². The smallest absolute Gasteiger partial charge is 0.333 e. The Bertz CT molecular complexity index is 1810. The van der Waals surface area contributed by atoms with Crippen LogP contribution >= 0.6 is 0 Å². The van der Waals surface area contributed by atoms with Crippen LogP contribution in [0.5, 0.6) is 5.75 Å². The van der Waals surface area contributed by atoms with Crippen molar-refractivity contribution in [3.63, 3.8) is 0 Å². The number of fused-ring (bicyclic) bond motifs is 1. The lowest BCUT2D eigenvalue weighted by Gasteiger charge is -2.23. The van der Waals surface area contributed by atoms with Gasteiger partial charge in [-0.2, -0.15) is 0 Å². The Morgan fingerprint density at radius 2 is 1.75 bits per heavy atom. The molecular weight excluding hydrogens is 586 g/mol. The molecule has 44 heavy (non-hydrogen) atoms. The summed E-state index contributed by atoms with van der Waals surface area (Å²) in [5.41, 5.74) is 1.56. The number of benzene rings is 3. The monoisotopic (exact) mass is 621 g/mol. The van der Waals surface area contributed by atoms with E-state index in [1.54, 1.807) is 42.5 Å². The van der Waals surface area contributed by atoms with Crippen LogP contribution in [0.25, 0.3) is 16.7 Å². The Balaban J connectivity index is 1.65. The summed E-state index contributed by atoms with van der Waals surface area (Å²) in [6.07, 6.45) is -0.909. The number of phenolic OH excluding ortho intramolecular Hbond substituents is 1. The van der Waals surface area contributed by atoms with Crippen LogP contribution in [0.2, 0.25) is 0 Å². The summed E-state index contributed by atoms with van der Waals surface area (Å²) in [7, 11) is -3.91. The second kappa shape index (κ2) is 13.0. The number of aryl methyl sites for hydroxylation is 1. The van der Waals surface area contributed by atoms with Gasteiger partial charge >= 0.3 is 11.9 Å². The Hall–Kier alpha value is -4.55. The zero-order valence-electron chi connectivity index (χ0n) is 25.0. The molecule has 0 aliphatic heterocycles. The van der Waals surface area contributed by atoms with Crippen LogP contribution in [0, 0.1) is 0 Å². The number of carbonyl (C=O) groups is 2. The Morgan fingerprint density at radius 3 is 2.39 bits per heavy atom. The molecule has 0 aliphatic rings. The van der Waals surface area contributed by atoms with E-state index in [1.165, 1.54) is 29.9 Å². The molecule has 0 saturated carbocycles. The number of ether oxygens (including phenoxy) is 2. The first-order chi connectivity index (χ1) is 20.7. The fourth-order valence-electron chi connectivity index (χ4n) is 4.42. The second-order valence-electron chi connectivity index (χ2n) is 11.4. The second-order valence-corrected chi connectivity index (χ2v) is 13.3. The van der Waals surface area contributed by atoms with Crippen molar-refractivity contribution in [1.29, 1.82) is 0 Å². The van der Waals surface area contributed by atoms with Gasteiger partial charge in [-0.05, 0) is 54.7 Å². The SMILES string of the molecule is C=C(C)C(=O)OCC(CO)OC(=O)CCc1cc(-n2nc3cccc(S(=O)(=O)c4ccccc4)c3n2)c(O)c(C(C)(C)C)c1. The number of aliphatic hydroxyl groups excluding tert-OH is 1. The van der Waals surface area contributed by atoms with E-state index < -0.39 is 39.9 Å². The van der Waals surface area contributed by atoms with Crippen LogP contribution in [0.15, 0.2) is 82.6 Å². The third-order valence-corrected chi connectivity index (χ3v) is 8.56. The maximum absolute atomic E-state index is 13.4. The van der Waals surface area contributed by atoms with E-state index in [9.17, 15) is 28.2 Å². The van der Waals surface area contributed by atoms with Crippen molar-refractivity contribution in [2.24, 2.45) is 0 Å². The number of rotatable bonds is 11. The summed E-state index contributed by atoms with van der Waals surface area (Å²) >= 11 is 0. The number of aromatic hydroxyl groups is 1. The molecule has 0 spiro atoms. The minimum atomic E-state index is -3.91. The van der Waals surface area contributed by atoms with Crippen LogP contribution in [-0.4, -0.2) is 64.9 Å². The molecule has 4 rings (SSSR count). The molecule has 0 aliphatic carbocycles.